The van der Waals surface area contributed by atoms with Crippen LogP contribution in [0.4, 0.5) is 0 Å². The average molecular weight is 198 g/mol. The molecule has 2 atom stereocenters. The van der Waals surface area contributed by atoms with Crippen molar-refractivity contribution in [3.05, 3.63) is 12.2 Å². The SMILES string of the molecule is COC(=O)CCC[C@@H]1O[C@H]1C=CC=O. The summed E-state index contributed by atoms with van der Waals surface area (Å²) in [6, 6.07) is 0. The smallest absolute Gasteiger partial charge is 0.305 e. The van der Waals surface area contributed by atoms with Crippen LogP contribution in [0.2, 0.25) is 0 Å². The second-order valence-corrected chi connectivity index (χ2v) is 3.13. The first-order chi connectivity index (χ1) is 6.77. The molecule has 0 bridgehead atoms. The summed E-state index contributed by atoms with van der Waals surface area (Å²) in [5.74, 6) is -0.189. The maximum atomic E-state index is 10.7. The van der Waals surface area contributed by atoms with Crippen LogP contribution in [0.3, 0.4) is 0 Å². The molecule has 0 aromatic carbocycles. The number of allylic oxidation sites excluding steroid dienone is 1. The number of methoxy groups -OCH3 is 1. The van der Waals surface area contributed by atoms with Crippen LogP contribution in [-0.2, 0) is 19.1 Å². The van der Waals surface area contributed by atoms with Crippen LogP contribution in [0.15, 0.2) is 12.2 Å². The Morgan fingerprint density at radius 3 is 3.00 bits per heavy atom. The molecule has 0 N–H and O–H groups in total. The van der Waals surface area contributed by atoms with Crippen molar-refractivity contribution < 1.29 is 19.1 Å². The topological polar surface area (TPSA) is 55.9 Å². The van der Waals surface area contributed by atoms with E-state index in [4.69, 9.17) is 4.74 Å². The first kappa shape index (κ1) is 10.9. The summed E-state index contributed by atoms with van der Waals surface area (Å²) in [6.07, 6.45) is 6.17. The molecule has 78 valence electrons. The summed E-state index contributed by atoms with van der Waals surface area (Å²) in [5.41, 5.74) is 0. The summed E-state index contributed by atoms with van der Waals surface area (Å²) < 4.78 is 9.74. The maximum Gasteiger partial charge on any atom is 0.305 e. The van der Waals surface area contributed by atoms with Gasteiger partial charge in [0.25, 0.3) is 0 Å². The van der Waals surface area contributed by atoms with E-state index in [0.717, 1.165) is 19.1 Å². The minimum atomic E-state index is -0.189. The van der Waals surface area contributed by atoms with Gasteiger partial charge in [-0.1, -0.05) is 6.08 Å². The fourth-order valence-electron chi connectivity index (χ4n) is 1.26. The average Bonchev–Trinajstić information content (AvgIpc) is 2.93. The predicted molar refractivity (Wildman–Crippen MR) is 49.7 cm³/mol. The minimum absolute atomic E-state index is 0.0675. The molecular weight excluding hydrogens is 184 g/mol. The molecule has 1 aliphatic rings. The number of hydrogen-bond acceptors (Lipinski definition) is 4. The molecule has 1 rings (SSSR count). The first-order valence-corrected chi connectivity index (χ1v) is 4.62. The highest BCUT2D eigenvalue weighted by Gasteiger charge is 2.35. The van der Waals surface area contributed by atoms with Crippen molar-refractivity contribution >= 4 is 12.3 Å². The van der Waals surface area contributed by atoms with E-state index < -0.39 is 0 Å². The van der Waals surface area contributed by atoms with Crippen molar-refractivity contribution in [3.8, 4) is 0 Å². The van der Waals surface area contributed by atoms with Crippen LogP contribution in [0, 0.1) is 0 Å². The standard InChI is InChI=1S/C10H14O4/c1-13-10(12)6-2-4-8-9(14-8)5-3-7-11/h3,5,7-9H,2,4,6H2,1H3/t8-,9-/m0/s1. The third kappa shape index (κ3) is 3.70. The van der Waals surface area contributed by atoms with Gasteiger partial charge >= 0.3 is 5.97 Å². The Morgan fingerprint density at radius 1 is 1.57 bits per heavy atom. The number of esters is 1. The van der Waals surface area contributed by atoms with Crippen molar-refractivity contribution in [1.29, 1.82) is 0 Å². The molecule has 4 nitrogen and oxygen atoms in total. The van der Waals surface area contributed by atoms with E-state index >= 15 is 0 Å². The molecule has 1 aliphatic heterocycles. The summed E-state index contributed by atoms with van der Waals surface area (Å²) in [5, 5.41) is 0. The summed E-state index contributed by atoms with van der Waals surface area (Å²) in [6.45, 7) is 0. The van der Waals surface area contributed by atoms with E-state index in [9.17, 15) is 9.59 Å². The van der Waals surface area contributed by atoms with Gasteiger partial charge in [-0.2, -0.15) is 0 Å². The van der Waals surface area contributed by atoms with Crippen molar-refractivity contribution in [2.45, 2.75) is 31.5 Å². The zero-order valence-electron chi connectivity index (χ0n) is 8.14. The maximum absolute atomic E-state index is 10.7. The van der Waals surface area contributed by atoms with Crippen LogP contribution in [0.1, 0.15) is 19.3 Å². The summed E-state index contributed by atoms with van der Waals surface area (Å²) in [4.78, 5) is 20.7. The Kier molecular flexibility index (Phi) is 4.32. The number of carbonyl (C=O) groups excluding carboxylic acids is 2. The second kappa shape index (κ2) is 5.54. The monoisotopic (exact) mass is 198 g/mol. The zero-order chi connectivity index (χ0) is 10.4. The normalized spacial score (nSPS) is 24.9. The molecule has 1 fully saturated rings. The van der Waals surface area contributed by atoms with Crippen molar-refractivity contribution in [1.82, 2.24) is 0 Å². The lowest BCUT2D eigenvalue weighted by atomic mass is 10.1. The first-order valence-electron chi connectivity index (χ1n) is 4.62. The van der Waals surface area contributed by atoms with Crippen LogP contribution in [-0.4, -0.2) is 31.6 Å². The molecule has 0 aliphatic carbocycles. The van der Waals surface area contributed by atoms with Gasteiger partial charge in [-0.05, 0) is 18.9 Å². The van der Waals surface area contributed by atoms with Gasteiger partial charge in [-0.3, -0.25) is 9.59 Å². The molecule has 0 amide bonds. The summed E-state index contributed by atoms with van der Waals surface area (Å²) in [7, 11) is 1.38. The highest BCUT2D eigenvalue weighted by molar-refractivity contribution is 5.69. The Bertz CT molecular complexity index is 234. The van der Waals surface area contributed by atoms with Crippen LogP contribution >= 0.6 is 0 Å². The van der Waals surface area contributed by atoms with E-state index in [0.29, 0.717) is 6.42 Å². The Balaban J connectivity index is 2.03. The van der Waals surface area contributed by atoms with E-state index in [2.05, 4.69) is 4.74 Å². The third-order valence-electron chi connectivity index (χ3n) is 2.10. The molecule has 0 spiro atoms. The van der Waals surface area contributed by atoms with E-state index in [1.54, 1.807) is 6.08 Å². The quantitative estimate of drug-likeness (QED) is 0.275. The van der Waals surface area contributed by atoms with E-state index in [-0.39, 0.29) is 18.2 Å². The Labute approximate surface area is 82.9 Å². The van der Waals surface area contributed by atoms with Crippen LogP contribution < -0.4 is 0 Å². The molecule has 0 aromatic heterocycles. The Morgan fingerprint density at radius 2 is 2.36 bits per heavy atom. The fourth-order valence-corrected chi connectivity index (χ4v) is 1.26. The second-order valence-electron chi connectivity index (χ2n) is 3.13. The highest BCUT2D eigenvalue weighted by atomic mass is 16.6. The van der Waals surface area contributed by atoms with Crippen molar-refractivity contribution in [3.63, 3.8) is 0 Å². The van der Waals surface area contributed by atoms with Gasteiger partial charge in [0.05, 0.1) is 13.2 Å². The summed E-state index contributed by atoms with van der Waals surface area (Å²) >= 11 is 0. The minimum Gasteiger partial charge on any atom is -0.469 e. The van der Waals surface area contributed by atoms with Gasteiger partial charge in [0.1, 0.15) is 12.4 Å². The van der Waals surface area contributed by atoms with E-state index in [1.165, 1.54) is 13.2 Å². The van der Waals surface area contributed by atoms with Crippen LogP contribution in [0.5, 0.6) is 0 Å². The number of hydrogen-bond donors (Lipinski definition) is 0. The lowest BCUT2D eigenvalue weighted by Gasteiger charge is -1.96. The zero-order valence-corrected chi connectivity index (χ0v) is 8.14. The molecule has 0 aromatic rings. The largest absolute Gasteiger partial charge is 0.469 e. The van der Waals surface area contributed by atoms with Gasteiger partial charge in [-0.15, -0.1) is 0 Å². The van der Waals surface area contributed by atoms with Gasteiger partial charge in [-0.25, -0.2) is 0 Å². The number of carbonyl (C=O) groups is 2. The number of ether oxygens (including phenoxy) is 2. The number of rotatable bonds is 6. The van der Waals surface area contributed by atoms with Crippen molar-refractivity contribution in [2.75, 3.05) is 7.11 Å². The molecule has 14 heavy (non-hydrogen) atoms. The molecule has 1 heterocycles. The highest BCUT2D eigenvalue weighted by Crippen LogP contribution is 2.27. The molecular formula is C10H14O4. The molecule has 0 radical (unpaired) electrons. The van der Waals surface area contributed by atoms with Gasteiger partial charge in [0.15, 0.2) is 0 Å². The number of aldehydes is 1. The number of epoxide rings is 1. The lowest BCUT2D eigenvalue weighted by Crippen LogP contribution is -2.01. The molecule has 0 unspecified atom stereocenters. The molecule has 1 saturated heterocycles. The van der Waals surface area contributed by atoms with Gasteiger partial charge < -0.3 is 9.47 Å². The van der Waals surface area contributed by atoms with E-state index in [1.807, 2.05) is 0 Å². The molecule has 4 heteroatoms. The van der Waals surface area contributed by atoms with Gasteiger partial charge in [0, 0.05) is 6.42 Å². The lowest BCUT2D eigenvalue weighted by molar-refractivity contribution is -0.140. The van der Waals surface area contributed by atoms with Crippen LogP contribution in [0.25, 0.3) is 0 Å². The van der Waals surface area contributed by atoms with Crippen molar-refractivity contribution in [2.24, 2.45) is 0 Å². The van der Waals surface area contributed by atoms with Gasteiger partial charge in [0.2, 0.25) is 0 Å². The fraction of sp³-hybridized carbons (Fsp3) is 0.600. The Hall–Kier alpha value is -1.16. The predicted octanol–water partition coefficient (Wildman–Crippen LogP) is 0.852. The third-order valence-corrected chi connectivity index (χ3v) is 2.10. The molecule has 0 saturated carbocycles.